The minimum Gasteiger partial charge on any atom is -0.503 e. The van der Waals surface area contributed by atoms with Crippen LogP contribution in [0.4, 0.5) is 5.69 Å². The molecule has 5 heteroatoms. The maximum absolute atomic E-state index is 11.0. The van der Waals surface area contributed by atoms with Gasteiger partial charge in [0.2, 0.25) is 0 Å². The summed E-state index contributed by atoms with van der Waals surface area (Å²) in [7, 11) is 1.45. The van der Waals surface area contributed by atoms with Gasteiger partial charge in [-0.05, 0) is 24.6 Å². The summed E-state index contributed by atoms with van der Waals surface area (Å²) in [5.41, 5.74) is 6.61. The van der Waals surface area contributed by atoms with E-state index in [-0.39, 0.29) is 11.4 Å². The maximum atomic E-state index is 11.0. The van der Waals surface area contributed by atoms with Crippen molar-refractivity contribution in [3.8, 4) is 11.5 Å². The Morgan fingerprint density at radius 3 is 2.79 bits per heavy atom. The van der Waals surface area contributed by atoms with Crippen LogP contribution in [0.15, 0.2) is 30.4 Å². The van der Waals surface area contributed by atoms with Crippen LogP contribution in [-0.4, -0.2) is 24.8 Å². The highest BCUT2D eigenvalue weighted by Crippen LogP contribution is 2.33. The summed E-state index contributed by atoms with van der Waals surface area (Å²) in [4.78, 5) is 11.0. The summed E-state index contributed by atoms with van der Waals surface area (Å²) >= 11 is 0. The number of anilines is 1. The van der Waals surface area contributed by atoms with Gasteiger partial charge in [0.25, 0.3) is 0 Å². The van der Waals surface area contributed by atoms with Crippen LogP contribution in [-0.2, 0) is 9.53 Å². The maximum Gasteiger partial charge on any atom is 0.330 e. The molecular formula is C14H17NO4. The van der Waals surface area contributed by atoms with Crippen molar-refractivity contribution in [2.45, 2.75) is 6.92 Å². The molecule has 0 amide bonds. The molecule has 19 heavy (non-hydrogen) atoms. The van der Waals surface area contributed by atoms with Crippen LogP contribution in [0.5, 0.6) is 11.5 Å². The SMILES string of the molecule is CCOC(=O)C=CC=Cc1cc(N)c(O)c(OC)c1. The number of phenols is 1. The van der Waals surface area contributed by atoms with Gasteiger partial charge in [0.1, 0.15) is 0 Å². The van der Waals surface area contributed by atoms with E-state index in [4.69, 9.17) is 15.2 Å². The topological polar surface area (TPSA) is 81.8 Å². The van der Waals surface area contributed by atoms with Gasteiger partial charge in [0.05, 0.1) is 19.4 Å². The molecule has 0 saturated heterocycles. The Balaban J connectivity index is 2.77. The van der Waals surface area contributed by atoms with Crippen molar-refractivity contribution in [2.24, 2.45) is 0 Å². The molecule has 1 aromatic rings. The molecule has 0 saturated carbocycles. The fourth-order valence-corrected chi connectivity index (χ4v) is 1.39. The number of carbonyl (C=O) groups excluding carboxylic acids is 1. The third-order valence-electron chi connectivity index (χ3n) is 2.27. The van der Waals surface area contributed by atoms with Crippen LogP contribution < -0.4 is 10.5 Å². The predicted molar refractivity (Wildman–Crippen MR) is 73.9 cm³/mol. The number of nitrogen functional groups attached to an aromatic ring is 1. The quantitative estimate of drug-likeness (QED) is 0.279. The second-order valence-corrected chi connectivity index (χ2v) is 3.63. The average Bonchev–Trinajstić information content (AvgIpc) is 2.38. The Kier molecular flexibility index (Phi) is 5.47. The molecular weight excluding hydrogens is 246 g/mol. The summed E-state index contributed by atoms with van der Waals surface area (Å²) in [6.07, 6.45) is 6.28. The summed E-state index contributed by atoms with van der Waals surface area (Å²) in [5.74, 6) is -0.175. The first-order valence-corrected chi connectivity index (χ1v) is 5.76. The van der Waals surface area contributed by atoms with Gasteiger partial charge in [0.15, 0.2) is 11.5 Å². The van der Waals surface area contributed by atoms with E-state index in [2.05, 4.69) is 0 Å². The molecule has 0 heterocycles. The number of hydrogen-bond donors (Lipinski definition) is 2. The fraction of sp³-hybridized carbons (Fsp3) is 0.214. The molecule has 0 bridgehead atoms. The van der Waals surface area contributed by atoms with Crippen LogP contribution in [0.2, 0.25) is 0 Å². The van der Waals surface area contributed by atoms with Crippen LogP contribution in [0.1, 0.15) is 12.5 Å². The number of esters is 1. The third-order valence-corrected chi connectivity index (χ3v) is 2.27. The highest BCUT2D eigenvalue weighted by Gasteiger charge is 2.06. The minimum atomic E-state index is -0.394. The predicted octanol–water partition coefficient (Wildman–Crippen LogP) is 2.12. The second kappa shape index (κ2) is 7.10. The number of phenolic OH excluding ortho intramolecular Hbond substituents is 1. The second-order valence-electron chi connectivity index (χ2n) is 3.63. The van der Waals surface area contributed by atoms with Crippen molar-refractivity contribution in [2.75, 3.05) is 19.5 Å². The zero-order valence-electron chi connectivity index (χ0n) is 10.9. The molecule has 1 rings (SSSR count). The molecule has 0 fully saturated rings. The van der Waals surface area contributed by atoms with E-state index in [1.54, 1.807) is 37.3 Å². The van der Waals surface area contributed by atoms with Crippen molar-refractivity contribution < 1.29 is 19.4 Å². The lowest BCUT2D eigenvalue weighted by Gasteiger charge is -2.06. The highest BCUT2D eigenvalue weighted by atomic mass is 16.5. The largest absolute Gasteiger partial charge is 0.503 e. The van der Waals surface area contributed by atoms with Gasteiger partial charge in [-0.25, -0.2) is 4.79 Å². The minimum absolute atomic E-state index is 0.0817. The van der Waals surface area contributed by atoms with Gasteiger partial charge >= 0.3 is 5.97 Å². The normalized spacial score (nSPS) is 11.1. The third kappa shape index (κ3) is 4.39. The summed E-state index contributed by atoms with van der Waals surface area (Å²) in [6, 6.07) is 3.24. The Hall–Kier alpha value is -2.43. The van der Waals surface area contributed by atoms with Crippen molar-refractivity contribution in [1.82, 2.24) is 0 Å². The van der Waals surface area contributed by atoms with E-state index in [0.29, 0.717) is 12.4 Å². The molecule has 3 N–H and O–H groups in total. The molecule has 0 aliphatic heterocycles. The number of allylic oxidation sites excluding steroid dienone is 2. The molecule has 0 spiro atoms. The van der Waals surface area contributed by atoms with Gasteiger partial charge in [-0.1, -0.05) is 18.2 Å². The monoisotopic (exact) mass is 263 g/mol. The number of benzene rings is 1. The molecule has 1 aromatic carbocycles. The Morgan fingerprint density at radius 2 is 2.16 bits per heavy atom. The van der Waals surface area contributed by atoms with Gasteiger partial charge < -0.3 is 20.3 Å². The average molecular weight is 263 g/mol. The molecule has 5 nitrogen and oxygen atoms in total. The van der Waals surface area contributed by atoms with Gasteiger partial charge in [-0.3, -0.25) is 0 Å². The molecule has 0 atom stereocenters. The van der Waals surface area contributed by atoms with Crippen LogP contribution in [0.3, 0.4) is 0 Å². The zero-order valence-corrected chi connectivity index (χ0v) is 10.9. The molecule has 0 radical (unpaired) electrons. The summed E-state index contributed by atoms with van der Waals surface area (Å²) in [6.45, 7) is 2.09. The standard InChI is InChI=1S/C14H17NO4/c1-3-19-13(16)7-5-4-6-10-8-11(15)14(17)12(9-10)18-2/h4-9,17H,3,15H2,1-2H3. The first-order valence-electron chi connectivity index (χ1n) is 5.76. The van der Waals surface area contributed by atoms with Gasteiger partial charge in [0, 0.05) is 6.08 Å². The van der Waals surface area contributed by atoms with E-state index in [1.807, 2.05) is 0 Å². The molecule has 0 aromatic heterocycles. The number of hydrogen-bond acceptors (Lipinski definition) is 5. The van der Waals surface area contributed by atoms with Crippen molar-refractivity contribution >= 4 is 17.7 Å². The fourth-order valence-electron chi connectivity index (χ4n) is 1.39. The van der Waals surface area contributed by atoms with E-state index < -0.39 is 5.97 Å². The van der Waals surface area contributed by atoms with E-state index in [0.717, 1.165) is 5.56 Å². The number of ether oxygens (including phenoxy) is 2. The lowest BCUT2D eigenvalue weighted by Crippen LogP contribution is -1.98. The molecule has 102 valence electrons. The number of rotatable bonds is 5. The number of aromatic hydroxyl groups is 1. The van der Waals surface area contributed by atoms with Gasteiger partial charge in [-0.2, -0.15) is 0 Å². The highest BCUT2D eigenvalue weighted by molar-refractivity contribution is 5.82. The molecule has 0 aliphatic rings. The zero-order chi connectivity index (χ0) is 14.3. The number of methoxy groups -OCH3 is 1. The van der Waals surface area contributed by atoms with Crippen molar-refractivity contribution in [3.05, 3.63) is 35.9 Å². The summed E-state index contributed by atoms with van der Waals surface area (Å²) < 4.78 is 9.72. The van der Waals surface area contributed by atoms with Crippen LogP contribution in [0.25, 0.3) is 6.08 Å². The summed E-state index contributed by atoms with van der Waals surface area (Å²) in [5, 5.41) is 9.58. The van der Waals surface area contributed by atoms with Crippen molar-refractivity contribution in [1.29, 1.82) is 0 Å². The molecule has 0 unspecified atom stereocenters. The van der Waals surface area contributed by atoms with Crippen molar-refractivity contribution in [3.63, 3.8) is 0 Å². The molecule has 0 aliphatic carbocycles. The first kappa shape index (κ1) is 14.6. The lowest BCUT2D eigenvalue weighted by molar-refractivity contribution is -0.137. The van der Waals surface area contributed by atoms with Gasteiger partial charge in [-0.15, -0.1) is 0 Å². The van der Waals surface area contributed by atoms with E-state index in [1.165, 1.54) is 13.2 Å². The number of nitrogens with two attached hydrogens (primary N) is 1. The smallest absolute Gasteiger partial charge is 0.330 e. The van der Waals surface area contributed by atoms with E-state index >= 15 is 0 Å². The number of carbonyl (C=O) groups is 1. The lowest BCUT2D eigenvalue weighted by atomic mass is 10.1. The Morgan fingerprint density at radius 1 is 1.42 bits per heavy atom. The first-order chi connectivity index (χ1) is 9.08. The Bertz CT molecular complexity index is 506. The van der Waals surface area contributed by atoms with Crippen LogP contribution >= 0.6 is 0 Å². The van der Waals surface area contributed by atoms with Crippen LogP contribution in [0, 0.1) is 0 Å². The Labute approximate surface area is 111 Å². The van der Waals surface area contributed by atoms with E-state index in [9.17, 15) is 9.90 Å².